The maximum atomic E-state index is 12.5. The zero-order valence-corrected chi connectivity index (χ0v) is 20.5. The van der Waals surface area contributed by atoms with Crippen molar-refractivity contribution in [2.75, 3.05) is 6.54 Å². The van der Waals surface area contributed by atoms with Crippen molar-refractivity contribution in [3.05, 3.63) is 52.5 Å². The van der Waals surface area contributed by atoms with Crippen molar-refractivity contribution in [1.29, 1.82) is 0 Å². The molecule has 0 aliphatic heterocycles. The molecule has 31 heavy (non-hydrogen) atoms. The highest BCUT2D eigenvalue weighted by atomic mass is 32.2. The molecule has 4 rings (SSSR count). The highest BCUT2D eigenvalue weighted by Gasteiger charge is 2.20. The predicted molar refractivity (Wildman–Crippen MR) is 131 cm³/mol. The van der Waals surface area contributed by atoms with E-state index in [1.807, 2.05) is 31.2 Å². The Morgan fingerprint density at radius 1 is 1.23 bits per heavy atom. The maximum absolute atomic E-state index is 12.5. The molecule has 0 saturated carbocycles. The molecule has 3 aromatic heterocycles. The van der Waals surface area contributed by atoms with Crippen molar-refractivity contribution < 1.29 is 4.79 Å². The molecule has 0 fully saturated rings. The molecule has 0 aliphatic carbocycles. The zero-order valence-electron chi connectivity index (χ0n) is 17.3. The SMILES string of the molecule is CCn1c(CSc2nc3ccccc3s2)nnc1SC(C)C(=O)NCCc1cccs1. The van der Waals surface area contributed by atoms with E-state index in [1.54, 1.807) is 34.4 Å². The number of carbonyl (C=O) groups excluding carboxylic acids is 1. The van der Waals surface area contributed by atoms with Gasteiger partial charge in [0.25, 0.3) is 0 Å². The van der Waals surface area contributed by atoms with Gasteiger partial charge in [-0.25, -0.2) is 4.98 Å². The first kappa shape index (κ1) is 22.3. The number of benzene rings is 1. The monoisotopic (exact) mass is 489 g/mol. The number of para-hydroxylation sites is 1. The molecule has 1 N–H and O–H groups in total. The number of rotatable bonds is 10. The molecule has 1 atom stereocenters. The van der Waals surface area contributed by atoms with Crippen LogP contribution >= 0.6 is 46.2 Å². The summed E-state index contributed by atoms with van der Waals surface area (Å²) in [5, 5.41) is 14.4. The van der Waals surface area contributed by atoms with Crippen molar-refractivity contribution in [1.82, 2.24) is 25.1 Å². The summed E-state index contributed by atoms with van der Waals surface area (Å²) in [4.78, 5) is 18.4. The molecule has 4 aromatic rings. The minimum Gasteiger partial charge on any atom is -0.355 e. The number of thiophene rings is 1. The summed E-state index contributed by atoms with van der Waals surface area (Å²) in [5.74, 6) is 1.62. The average molecular weight is 490 g/mol. The van der Waals surface area contributed by atoms with Gasteiger partial charge in [-0.3, -0.25) is 4.79 Å². The van der Waals surface area contributed by atoms with Crippen LogP contribution in [-0.4, -0.2) is 37.5 Å². The lowest BCUT2D eigenvalue weighted by Crippen LogP contribution is -2.32. The van der Waals surface area contributed by atoms with Gasteiger partial charge >= 0.3 is 0 Å². The fourth-order valence-corrected chi connectivity index (χ4v) is 6.66. The van der Waals surface area contributed by atoms with Gasteiger partial charge in [0.1, 0.15) is 5.82 Å². The summed E-state index contributed by atoms with van der Waals surface area (Å²) in [6.45, 7) is 5.40. The minimum atomic E-state index is -0.234. The van der Waals surface area contributed by atoms with E-state index in [2.05, 4.69) is 49.5 Å². The highest BCUT2D eigenvalue weighted by Crippen LogP contribution is 2.32. The quantitative estimate of drug-likeness (QED) is 0.313. The molecule has 0 spiro atoms. The minimum absolute atomic E-state index is 0.0256. The maximum Gasteiger partial charge on any atom is 0.233 e. The van der Waals surface area contributed by atoms with Gasteiger partial charge in [0.15, 0.2) is 9.50 Å². The first-order chi connectivity index (χ1) is 15.1. The Bertz CT molecular complexity index is 1110. The highest BCUT2D eigenvalue weighted by molar-refractivity contribution is 8.00. The molecule has 10 heteroatoms. The summed E-state index contributed by atoms with van der Waals surface area (Å²) >= 11 is 6.54. The molecule has 6 nitrogen and oxygen atoms in total. The van der Waals surface area contributed by atoms with Crippen LogP contribution in [0.25, 0.3) is 10.2 Å². The average Bonchev–Trinajstić information content (AvgIpc) is 3.51. The molecular weight excluding hydrogens is 467 g/mol. The summed E-state index contributed by atoms with van der Waals surface area (Å²) in [7, 11) is 0. The molecule has 0 bridgehead atoms. The number of thiazole rings is 1. The van der Waals surface area contributed by atoms with E-state index >= 15 is 0 Å². The van der Waals surface area contributed by atoms with E-state index in [1.165, 1.54) is 21.3 Å². The van der Waals surface area contributed by atoms with Gasteiger partial charge in [0.05, 0.1) is 21.2 Å². The molecule has 1 aromatic carbocycles. The first-order valence-corrected chi connectivity index (χ1v) is 13.6. The van der Waals surface area contributed by atoms with Crippen molar-refractivity contribution in [3.63, 3.8) is 0 Å². The van der Waals surface area contributed by atoms with E-state index < -0.39 is 0 Å². The number of carbonyl (C=O) groups is 1. The molecule has 0 aliphatic rings. The Balaban J connectivity index is 1.32. The number of nitrogens with one attached hydrogen (secondary N) is 1. The Morgan fingerprint density at radius 2 is 2.10 bits per heavy atom. The summed E-state index contributed by atoms with van der Waals surface area (Å²) in [5.41, 5.74) is 1.03. The number of aromatic nitrogens is 4. The van der Waals surface area contributed by atoms with Crippen molar-refractivity contribution in [2.45, 2.75) is 47.3 Å². The third kappa shape index (κ3) is 5.68. The van der Waals surface area contributed by atoms with Gasteiger partial charge in [-0.2, -0.15) is 0 Å². The summed E-state index contributed by atoms with van der Waals surface area (Å²) in [6, 6.07) is 12.3. The van der Waals surface area contributed by atoms with Crippen molar-refractivity contribution in [2.24, 2.45) is 0 Å². The van der Waals surface area contributed by atoms with Crippen LogP contribution < -0.4 is 5.32 Å². The van der Waals surface area contributed by atoms with Crippen molar-refractivity contribution in [3.8, 4) is 0 Å². The van der Waals surface area contributed by atoms with Crippen LogP contribution in [0.3, 0.4) is 0 Å². The number of nitrogens with zero attached hydrogens (tertiary/aromatic N) is 4. The summed E-state index contributed by atoms with van der Waals surface area (Å²) < 4.78 is 4.30. The first-order valence-electron chi connectivity index (χ1n) is 10.0. The van der Waals surface area contributed by atoms with Crippen LogP contribution in [0.4, 0.5) is 0 Å². The van der Waals surface area contributed by atoms with Gasteiger partial charge < -0.3 is 9.88 Å². The van der Waals surface area contributed by atoms with Crippen LogP contribution in [0.1, 0.15) is 24.5 Å². The standard InChI is InChI=1S/C21H23N5OS4/c1-3-26-18(13-29-21-23-16-8-4-5-9-17(16)31-21)24-25-20(26)30-14(2)19(27)22-11-10-15-7-6-12-28-15/h4-9,12,14H,3,10-11,13H2,1-2H3,(H,22,27). The van der Waals surface area contributed by atoms with Gasteiger partial charge in [-0.1, -0.05) is 41.7 Å². The Morgan fingerprint density at radius 3 is 2.87 bits per heavy atom. The second kappa shape index (κ2) is 10.6. The van der Waals surface area contributed by atoms with Gasteiger partial charge in [-0.15, -0.1) is 32.9 Å². The second-order valence-electron chi connectivity index (χ2n) is 6.76. The van der Waals surface area contributed by atoms with Gasteiger partial charge in [0, 0.05) is 18.0 Å². The lowest BCUT2D eigenvalue weighted by atomic mass is 10.3. The van der Waals surface area contributed by atoms with Gasteiger partial charge in [0.2, 0.25) is 5.91 Å². The third-order valence-electron chi connectivity index (χ3n) is 4.61. The number of fused-ring (bicyclic) bond motifs is 1. The molecule has 1 unspecified atom stereocenters. The lowest BCUT2D eigenvalue weighted by molar-refractivity contribution is -0.120. The third-order valence-corrected chi connectivity index (χ3v) is 8.80. The van der Waals surface area contributed by atoms with E-state index in [9.17, 15) is 4.79 Å². The number of hydrogen-bond donors (Lipinski definition) is 1. The van der Waals surface area contributed by atoms with Crippen LogP contribution in [0.2, 0.25) is 0 Å². The Labute approximate surface area is 197 Å². The van der Waals surface area contributed by atoms with E-state index in [0.29, 0.717) is 12.3 Å². The molecule has 0 saturated heterocycles. The topological polar surface area (TPSA) is 72.7 Å². The largest absolute Gasteiger partial charge is 0.355 e. The molecule has 162 valence electrons. The Hall–Kier alpha value is -1.88. The zero-order chi connectivity index (χ0) is 21.6. The summed E-state index contributed by atoms with van der Waals surface area (Å²) in [6.07, 6.45) is 0.860. The molecule has 1 amide bonds. The lowest BCUT2D eigenvalue weighted by Gasteiger charge is -2.12. The van der Waals surface area contributed by atoms with Crippen LogP contribution in [-0.2, 0) is 23.5 Å². The van der Waals surface area contributed by atoms with Crippen LogP contribution in [0.15, 0.2) is 51.3 Å². The van der Waals surface area contributed by atoms with Crippen LogP contribution in [0.5, 0.6) is 0 Å². The molecule has 3 heterocycles. The van der Waals surface area contributed by atoms with Crippen molar-refractivity contribution >= 4 is 62.3 Å². The van der Waals surface area contributed by atoms with E-state index in [-0.39, 0.29) is 11.2 Å². The fourth-order valence-electron chi connectivity index (χ4n) is 2.99. The number of hydrogen-bond acceptors (Lipinski definition) is 8. The second-order valence-corrected chi connectivity index (χ2v) is 11.4. The number of amides is 1. The van der Waals surface area contributed by atoms with Gasteiger partial charge in [-0.05, 0) is 43.8 Å². The smallest absolute Gasteiger partial charge is 0.233 e. The Kier molecular flexibility index (Phi) is 7.65. The predicted octanol–water partition coefficient (Wildman–Crippen LogP) is 5.10. The normalized spacial score (nSPS) is 12.3. The number of thioether (sulfide) groups is 2. The molecule has 0 radical (unpaired) electrons. The van der Waals surface area contributed by atoms with E-state index in [4.69, 9.17) is 0 Å². The molecular formula is C21H23N5OS4. The van der Waals surface area contributed by atoms with E-state index in [0.717, 1.165) is 33.8 Å². The fraction of sp³-hybridized carbons (Fsp3) is 0.333. The van der Waals surface area contributed by atoms with Crippen LogP contribution in [0, 0.1) is 0 Å².